The van der Waals surface area contributed by atoms with E-state index >= 15 is 0 Å². The number of aromatic nitrogens is 2. The van der Waals surface area contributed by atoms with Crippen LogP contribution in [0.1, 0.15) is 18.9 Å². The third kappa shape index (κ3) is 7.47. The van der Waals surface area contributed by atoms with Crippen molar-refractivity contribution >= 4 is 46.7 Å². The highest BCUT2D eigenvalue weighted by Crippen LogP contribution is 2.28. The average molecular weight is 429 g/mol. The summed E-state index contributed by atoms with van der Waals surface area (Å²) >= 11 is 3.96. The number of nitrogens with zero attached hydrogens (tertiary/aromatic N) is 3. The maximum atomic E-state index is 13.7. The van der Waals surface area contributed by atoms with E-state index in [-0.39, 0.29) is 29.9 Å². The summed E-state index contributed by atoms with van der Waals surface area (Å²) in [5, 5.41) is 10.9. The predicted octanol–water partition coefficient (Wildman–Crippen LogP) is 3.05. The van der Waals surface area contributed by atoms with Gasteiger partial charge in [-0.25, -0.2) is 4.39 Å². The summed E-state index contributed by atoms with van der Waals surface area (Å²) in [4.78, 5) is 25.3. The van der Waals surface area contributed by atoms with Gasteiger partial charge in [-0.2, -0.15) is 0 Å². The van der Waals surface area contributed by atoms with Crippen LogP contribution in [0.2, 0.25) is 0 Å². The fourth-order valence-corrected chi connectivity index (χ4v) is 4.75. The van der Waals surface area contributed by atoms with Crippen LogP contribution in [-0.4, -0.2) is 52.0 Å². The molecule has 0 aliphatic carbocycles. The molecule has 2 rings (SSSR count). The maximum Gasteiger partial charge on any atom is 0.233 e. The molecule has 0 aliphatic rings. The molecule has 1 aromatic carbocycles. The standard InChI is InChI=1S/C17H21FN4O2S3/c1-3-8-19-14(23)10-25-16-20-21-17(27-16)26-11-15(24)22(2)9-12-6-4-5-7-13(12)18/h4-7H,3,8-11H2,1-2H3,(H,19,23). The lowest BCUT2D eigenvalue weighted by Crippen LogP contribution is -2.28. The van der Waals surface area contributed by atoms with Crippen molar-refractivity contribution in [2.45, 2.75) is 28.6 Å². The van der Waals surface area contributed by atoms with Gasteiger partial charge in [-0.05, 0) is 12.5 Å². The van der Waals surface area contributed by atoms with Crippen molar-refractivity contribution in [3.05, 3.63) is 35.6 Å². The molecule has 0 spiro atoms. The highest BCUT2D eigenvalue weighted by atomic mass is 32.2. The largest absolute Gasteiger partial charge is 0.355 e. The Hall–Kier alpha value is -1.65. The zero-order valence-electron chi connectivity index (χ0n) is 15.1. The van der Waals surface area contributed by atoms with Gasteiger partial charge in [0.1, 0.15) is 5.82 Å². The van der Waals surface area contributed by atoms with E-state index in [0.29, 0.717) is 26.5 Å². The number of carbonyl (C=O) groups is 2. The van der Waals surface area contributed by atoms with Gasteiger partial charge in [-0.1, -0.05) is 60.0 Å². The number of halogens is 1. The number of hydrogen-bond donors (Lipinski definition) is 1. The van der Waals surface area contributed by atoms with E-state index in [1.807, 2.05) is 6.92 Å². The van der Waals surface area contributed by atoms with E-state index in [4.69, 9.17) is 0 Å². The fourth-order valence-electron chi connectivity index (χ4n) is 1.96. The lowest BCUT2D eigenvalue weighted by Gasteiger charge is -2.17. The summed E-state index contributed by atoms with van der Waals surface area (Å²) in [6.07, 6.45) is 0.898. The number of amides is 2. The van der Waals surface area contributed by atoms with Gasteiger partial charge in [0.2, 0.25) is 11.8 Å². The van der Waals surface area contributed by atoms with Gasteiger partial charge in [-0.15, -0.1) is 10.2 Å². The van der Waals surface area contributed by atoms with E-state index in [2.05, 4.69) is 15.5 Å². The van der Waals surface area contributed by atoms with Gasteiger partial charge in [0.25, 0.3) is 0 Å². The molecule has 6 nitrogen and oxygen atoms in total. The van der Waals surface area contributed by atoms with Crippen LogP contribution in [0.5, 0.6) is 0 Å². The highest BCUT2D eigenvalue weighted by Gasteiger charge is 2.14. The minimum Gasteiger partial charge on any atom is -0.355 e. The molecule has 0 saturated carbocycles. The van der Waals surface area contributed by atoms with Crippen LogP contribution in [0, 0.1) is 5.82 Å². The second kappa shape index (κ2) is 11.3. The molecule has 2 amide bonds. The Kier molecular flexibility index (Phi) is 9.02. The van der Waals surface area contributed by atoms with Crippen molar-refractivity contribution in [3.63, 3.8) is 0 Å². The Morgan fingerprint density at radius 3 is 2.52 bits per heavy atom. The third-order valence-electron chi connectivity index (χ3n) is 3.40. The van der Waals surface area contributed by atoms with Gasteiger partial charge < -0.3 is 10.2 Å². The predicted molar refractivity (Wildman–Crippen MR) is 108 cm³/mol. The van der Waals surface area contributed by atoms with Gasteiger partial charge in [0.05, 0.1) is 11.5 Å². The Morgan fingerprint density at radius 2 is 1.85 bits per heavy atom. The van der Waals surface area contributed by atoms with Crippen LogP contribution in [0.25, 0.3) is 0 Å². The van der Waals surface area contributed by atoms with Crippen molar-refractivity contribution in [1.29, 1.82) is 0 Å². The van der Waals surface area contributed by atoms with E-state index in [9.17, 15) is 14.0 Å². The molecule has 0 bridgehead atoms. The van der Waals surface area contributed by atoms with Crippen LogP contribution in [-0.2, 0) is 16.1 Å². The van der Waals surface area contributed by atoms with Crippen LogP contribution in [0.4, 0.5) is 4.39 Å². The van der Waals surface area contributed by atoms with Gasteiger partial charge in [0.15, 0.2) is 8.68 Å². The van der Waals surface area contributed by atoms with Crippen molar-refractivity contribution in [1.82, 2.24) is 20.4 Å². The quantitative estimate of drug-likeness (QED) is 0.586. The summed E-state index contributed by atoms with van der Waals surface area (Å²) < 4.78 is 15.0. The normalized spacial score (nSPS) is 10.6. The zero-order chi connectivity index (χ0) is 19.6. The smallest absolute Gasteiger partial charge is 0.233 e. The van der Waals surface area contributed by atoms with Gasteiger partial charge >= 0.3 is 0 Å². The van der Waals surface area contributed by atoms with Crippen molar-refractivity contribution in [2.24, 2.45) is 0 Å². The average Bonchev–Trinajstić information content (AvgIpc) is 3.12. The number of carbonyl (C=O) groups excluding carboxylic acids is 2. The first kappa shape index (κ1) is 21.6. The number of thioether (sulfide) groups is 2. The van der Waals surface area contributed by atoms with Crippen LogP contribution >= 0.6 is 34.9 Å². The van der Waals surface area contributed by atoms with E-state index < -0.39 is 0 Å². The fraction of sp³-hybridized carbons (Fsp3) is 0.412. The topological polar surface area (TPSA) is 75.2 Å². The first-order valence-electron chi connectivity index (χ1n) is 8.32. The molecule has 10 heteroatoms. The molecule has 2 aromatic rings. The van der Waals surface area contributed by atoms with Gasteiger partial charge in [-0.3, -0.25) is 9.59 Å². The molecule has 1 heterocycles. The number of hydrogen-bond acceptors (Lipinski definition) is 7. The summed E-state index contributed by atoms with van der Waals surface area (Å²) in [6.45, 7) is 2.88. The zero-order valence-corrected chi connectivity index (χ0v) is 17.6. The van der Waals surface area contributed by atoms with Crippen molar-refractivity contribution in [2.75, 3.05) is 25.1 Å². The molecule has 0 unspecified atom stereocenters. The van der Waals surface area contributed by atoms with Gasteiger partial charge in [0, 0.05) is 25.7 Å². The maximum absolute atomic E-state index is 13.7. The molecular formula is C17H21FN4O2S3. The molecule has 1 aromatic heterocycles. The molecule has 0 atom stereocenters. The summed E-state index contributed by atoms with van der Waals surface area (Å²) in [5.74, 6) is 0.0200. The summed E-state index contributed by atoms with van der Waals surface area (Å²) in [6, 6.07) is 6.41. The molecular weight excluding hydrogens is 407 g/mol. The highest BCUT2D eigenvalue weighted by molar-refractivity contribution is 8.03. The number of benzene rings is 1. The monoisotopic (exact) mass is 428 g/mol. The minimum absolute atomic E-state index is 0.0313. The molecule has 0 saturated heterocycles. The number of rotatable bonds is 10. The second-order valence-corrected chi connectivity index (χ2v) is 9.02. The Bertz CT molecular complexity index is 772. The van der Waals surface area contributed by atoms with Crippen molar-refractivity contribution < 1.29 is 14.0 Å². The Morgan fingerprint density at radius 1 is 1.19 bits per heavy atom. The second-order valence-electron chi connectivity index (χ2n) is 5.60. The first-order valence-corrected chi connectivity index (χ1v) is 11.1. The molecule has 0 aliphatic heterocycles. The lowest BCUT2D eigenvalue weighted by molar-refractivity contribution is -0.127. The third-order valence-corrected chi connectivity index (χ3v) is 6.57. The van der Waals surface area contributed by atoms with Crippen molar-refractivity contribution in [3.8, 4) is 0 Å². The Balaban J connectivity index is 1.76. The SMILES string of the molecule is CCCNC(=O)CSc1nnc(SCC(=O)N(C)Cc2ccccc2F)s1. The molecule has 0 fully saturated rings. The molecule has 146 valence electrons. The van der Waals surface area contributed by atoms with Crippen LogP contribution in [0.15, 0.2) is 32.9 Å². The van der Waals surface area contributed by atoms with Crippen LogP contribution in [0.3, 0.4) is 0 Å². The van der Waals surface area contributed by atoms with E-state index in [1.54, 1.807) is 25.2 Å². The summed E-state index contributed by atoms with van der Waals surface area (Å²) in [5.41, 5.74) is 0.481. The first-order chi connectivity index (χ1) is 13.0. The number of nitrogens with one attached hydrogen (secondary N) is 1. The lowest BCUT2D eigenvalue weighted by atomic mass is 10.2. The molecule has 0 radical (unpaired) electrons. The minimum atomic E-state index is -0.321. The van der Waals surface area contributed by atoms with Crippen LogP contribution < -0.4 is 5.32 Å². The molecule has 27 heavy (non-hydrogen) atoms. The van der Waals surface area contributed by atoms with E-state index in [0.717, 1.165) is 6.42 Å². The Labute approximate surface area is 170 Å². The summed E-state index contributed by atoms with van der Waals surface area (Å²) in [7, 11) is 1.64. The van der Waals surface area contributed by atoms with E-state index in [1.165, 1.54) is 45.8 Å². The molecule has 1 N–H and O–H groups in total.